The Bertz CT molecular complexity index is 977. The van der Waals surface area contributed by atoms with Crippen molar-refractivity contribution < 1.29 is 4.92 Å². The fourth-order valence-electron chi connectivity index (χ4n) is 3.62. The van der Waals surface area contributed by atoms with Gasteiger partial charge in [-0.3, -0.25) is 10.1 Å². The quantitative estimate of drug-likeness (QED) is 0.496. The van der Waals surface area contributed by atoms with Gasteiger partial charge in [-0.2, -0.15) is 0 Å². The smallest absolute Gasteiger partial charge is 0.258 e. The third-order valence-corrected chi connectivity index (χ3v) is 4.84. The number of aromatic nitrogens is 1. The molecule has 1 heterocycles. The lowest BCUT2D eigenvalue weighted by Crippen LogP contribution is -2.15. The average Bonchev–Trinajstić information content (AvgIpc) is 2.83. The number of rotatable bonds is 2. The number of benzene rings is 2. The molecular formula is C20H16N2O2. The Labute approximate surface area is 140 Å². The fourth-order valence-corrected chi connectivity index (χ4v) is 3.62. The lowest BCUT2D eigenvalue weighted by molar-refractivity contribution is -0.384. The summed E-state index contributed by atoms with van der Waals surface area (Å²) in [7, 11) is 0. The summed E-state index contributed by atoms with van der Waals surface area (Å²) in [6.07, 6.45) is 1.59. The molecule has 0 radical (unpaired) electrons. The topological polar surface area (TPSA) is 56.0 Å². The monoisotopic (exact) mass is 316 g/mol. The second-order valence-corrected chi connectivity index (χ2v) is 6.56. The zero-order valence-electron chi connectivity index (χ0n) is 13.5. The van der Waals surface area contributed by atoms with Gasteiger partial charge in [-0.05, 0) is 34.4 Å². The second kappa shape index (κ2) is 4.99. The van der Waals surface area contributed by atoms with E-state index in [1.807, 2.05) is 18.2 Å². The lowest BCUT2D eigenvalue weighted by Gasteiger charge is -2.21. The summed E-state index contributed by atoms with van der Waals surface area (Å²) >= 11 is 0. The highest BCUT2D eigenvalue weighted by molar-refractivity contribution is 5.84. The van der Waals surface area contributed by atoms with Crippen molar-refractivity contribution in [1.29, 1.82) is 0 Å². The maximum Gasteiger partial charge on any atom is 0.295 e. The Kier molecular flexibility index (Phi) is 3.03. The molecule has 118 valence electrons. The third-order valence-electron chi connectivity index (χ3n) is 4.84. The van der Waals surface area contributed by atoms with Gasteiger partial charge in [0.05, 0.1) is 4.92 Å². The molecule has 1 aliphatic carbocycles. The molecule has 1 aliphatic rings. The van der Waals surface area contributed by atoms with Gasteiger partial charge in [0.25, 0.3) is 5.69 Å². The van der Waals surface area contributed by atoms with Crippen molar-refractivity contribution in [2.45, 2.75) is 19.3 Å². The van der Waals surface area contributed by atoms with Crippen molar-refractivity contribution in [3.05, 3.63) is 82.0 Å². The molecule has 0 bridgehead atoms. The Morgan fingerprint density at radius 3 is 2.50 bits per heavy atom. The molecule has 0 N–H and O–H groups in total. The van der Waals surface area contributed by atoms with E-state index >= 15 is 0 Å². The minimum atomic E-state index is -0.380. The SMILES string of the molecule is CC1(C)c2ccccc2-c2ccc(-c3ncccc3[N+](=O)[O-])cc21. The van der Waals surface area contributed by atoms with E-state index in [0.717, 1.165) is 5.56 Å². The number of nitrogens with zero attached hydrogens (tertiary/aromatic N) is 2. The molecule has 0 saturated carbocycles. The summed E-state index contributed by atoms with van der Waals surface area (Å²) in [6, 6.07) is 17.5. The summed E-state index contributed by atoms with van der Waals surface area (Å²) in [5.74, 6) is 0. The predicted molar refractivity (Wildman–Crippen MR) is 93.9 cm³/mol. The molecule has 1 aromatic heterocycles. The van der Waals surface area contributed by atoms with Gasteiger partial charge < -0.3 is 0 Å². The molecule has 0 saturated heterocycles. The molecule has 4 nitrogen and oxygen atoms in total. The molecule has 3 aromatic rings. The van der Waals surface area contributed by atoms with E-state index in [4.69, 9.17) is 0 Å². The maximum atomic E-state index is 11.3. The van der Waals surface area contributed by atoms with Gasteiger partial charge in [-0.1, -0.05) is 50.2 Å². The summed E-state index contributed by atoms with van der Waals surface area (Å²) in [5.41, 5.74) is 5.99. The molecule has 0 unspecified atom stereocenters. The van der Waals surface area contributed by atoms with Crippen LogP contribution >= 0.6 is 0 Å². The highest BCUT2D eigenvalue weighted by Gasteiger charge is 2.35. The number of fused-ring (bicyclic) bond motifs is 3. The first-order chi connectivity index (χ1) is 11.5. The van der Waals surface area contributed by atoms with Gasteiger partial charge in [0.15, 0.2) is 0 Å². The molecule has 2 aromatic carbocycles. The van der Waals surface area contributed by atoms with Crippen LogP contribution in [-0.2, 0) is 5.41 Å². The zero-order valence-corrected chi connectivity index (χ0v) is 13.5. The maximum absolute atomic E-state index is 11.3. The molecule has 4 heteroatoms. The van der Waals surface area contributed by atoms with Crippen molar-refractivity contribution in [3.63, 3.8) is 0 Å². The minimum Gasteiger partial charge on any atom is -0.258 e. The molecule has 0 spiro atoms. The van der Waals surface area contributed by atoms with Crippen LogP contribution in [0.1, 0.15) is 25.0 Å². The molecule has 0 aliphatic heterocycles. The van der Waals surface area contributed by atoms with Gasteiger partial charge in [0.2, 0.25) is 0 Å². The number of nitro groups is 1. The van der Waals surface area contributed by atoms with E-state index in [0.29, 0.717) is 5.69 Å². The zero-order chi connectivity index (χ0) is 16.9. The van der Waals surface area contributed by atoms with Crippen LogP contribution in [0.5, 0.6) is 0 Å². The van der Waals surface area contributed by atoms with Crippen LogP contribution in [-0.4, -0.2) is 9.91 Å². The Morgan fingerprint density at radius 2 is 1.71 bits per heavy atom. The van der Waals surface area contributed by atoms with Crippen molar-refractivity contribution >= 4 is 5.69 Å². The highest BCUT2D eigenvalue weighted by Crippen LogP contribution is 2.49. The van der Waals surface area contributed by atoms with Gasteiger partial charge in [0, 0.05) is 23.2 Å². The fraction of sp³-hybridized carbons (Fsp3) is 0.150. The number of hydrogen-bond acceptors (Lipinski definition) is 3. The second-order valence-electron chi connectivity index (χ2n) is 6.56. The molecule has 0 amide bonds. The lowest BCUT2D eigenvalue weighted by atomic mass is 9.82. The Morgan fingerprint density at radius 1 is 0.958 bits per heavy atom. The minimum absolute atomic E-state index is 0.0331. The standard InChI is InChI=1S/C20H16N2O2/c1-20(2)16-7-4-3-6-14(16)15-10-9-13(12-17(15)20)19-18(22(23)24)8-5-11-21-19/h3-12H,1-2H3. The van der Waals surface area contributed by atoms with E-state index < -0.39 is 0 Å². The molecule has 24 heavy (non-hydrogen) atoms. The highest BCUT2D eigenvalue weighted by atomic mass is 16.6. The Balaban J connectivity index is 1.94. The van der Waals surface area contributed by atoms with Crippen molar-refractivity contribution in [1.82, 2.24) is 4.98 Å². The van der Waals surface area contributed by atoms with Gasteiger partial charge in [-0.25, -0.2) is 4.98 Å². The van der Waals surface area contributed by atoms with E-state index in [2.05, 4.69) is 43.1 Å². The molecule has 4 rings (SSSR count). The largest absolute Gasteiger partial charge is 0.295 e. The van der Waals surface area contributed by atoms with E-state index in [1.54, 1.807) is 12.3 Å². The van der Waals surface area contributed by atoms with Crippen LogP contribution in [0.2, 0.25) is 0 Å². The van der Waals surface area contributed by atoms with E-state index in [9.17, 15) is 10.1 Å². The molecule has 0 atom stereocenters. The van der Waals surface area contributed by atoms with Crippen molar-refractivity contribution in [3.8, 4) is 22.4 Å². The summed E-state index contributed by atoms with van der Waals surface area (Å²) in [6.45, 7) is 4.38. The molecule has 0 fully saturated rings. The van der Waals surface area contributed by atoms with Crippen molar-refractivity contribution in [2.75, 3.05) is 0 Å². The number of pyridine rings is 1. The van der Waals surface area contributed by atoms with Gasteiger partial charge >= 0.3 is 0 Å². The van der Waals surface area contributed by atoms with E-state index in [1.165, 1.54) is 28.3 Å². The van der Waals surface area contributed by atoms with Gasteiger partial charge in [0.1, 0.15) is 5.69 Å². The molecular weight excluding hydrogens is 300 g/mol. The van der Waals surface area contributed by atoms with Crippen LogP contribution in [0.4, 0.5) is 5.69 Å². The normalized spacial score (nSPS) is 14.1. The van der Waals surface area contributed by atoms with Crippen LogP contribution in [0, 0.1) is 10.1 Å². The average molecular weight is 316 g/mol. The first-order valence-electron chi connectivity index (χ1n) is 7.84. The third kappa shape index (κ3) is 1.96. The van der Waals surface area contributed by atoms with Crippen LogP contribution in [0.25, 0.3) is 22.4 Å². The van der Waals surface area contributed by atoms with Gasteiger partial charge in [-0.15, -0.1) is 0 Å². The van der Waals surface area contributed by atoms with E-state index in [-0.39, 0.29) is 16.0 Å². The van der Waals surface area contributed by atoms with Crippen LogP contribution in [0.3, 0.4) is 0 Å². The first-order valence-corrected chi connectivity index (χ1v) is 7.84. The summed E-state index contributed by atoms with van der Waals surface area (Å²) in [4.78, 5) is 15.2. The Hall–Kier alpha value is -3.01. The van der Waals surface area contributed by atoms with Crippen molar-refractivity contribution in [2.24, 2.45) is 0 Å². The summed E-state index contributed by atoms with van der Waals surface area (Å²) in [5, 5.41) is 11.3. The van der Waals surface area contributed by atoms with Crippen LogP contribution < -0.4 is 0 Å². The number of hydrogen-bond donors (Lipinski definition) is 0. The first kappa shape index (κ1) is 14.6. The summed E-state index contributed by atoms with van der Waals surface area (Å²) < 4.78 is 0. The van der Waals surface area contributed by atoms with Crippen LogP contribution in [0.15, 0.2) is 60.8 Å². The predicted octanol–water partition coefficient (Wildman–Crippen LogP) is 4.96.